The first-order valence-corrected chi connectivity index (χ1v) is 8.08. The molecule has 1 aliphatic rings. The van der Waals surface area contributed by atoms with E-state index in [0.29, 0.717) is 24.2 Å². The molecule has 25 heavy (non-hydrogen) atoms. The molecule has 6 heteroatoms. The smallest absolute Gasteiger partial charge is 0.263 e. The van der Waals surface area contributed by atoms with Crippen LogP contribution in [0.4, 0.5) is 0 Å². The lowest BCUT2D eigenvalue weighted by Crippen LogP contribution is -2.39. The zero-order valence-corrected chi connectivity index (χ0v) is 13.5. The lowest BCUT2D eigenvalue weighted by Gasteiger charge is -2.27. The lowest BCUT2D eigenvalue weighted by atomic mass is 10.1. The number of amides is 1. The minimum absolute atomic E-state index is 0.102. The van der Waals surface area contributed by atoms with Crippen molar-refractivity contribution in [2.75, 3.05) is 6.54 Å². The van der Waals surface area contributed by atoms with Gasteiger partial charge in [0.2, 0.25) is 5.91 Å². The second-order valence-electron chi connectivity index (χ2n) is 5.90. The number of nitrogens with zero attached hydrogens (tertiary/aromatic N) is 4. The van der Waals surface area contributed by atoms with Crippen LogP contribution in [0, 0.1) is 0 Å². The van der Waals surface area contributed by atoms with Crippen LogP contribution in [-0.2, 0) is 17.8 Å². The number of carbonyl (C=O) groups is 1. The zero-order chi connectivity index (χ0) is 17.2. The third-order valence-corrected chi connectivity index (χ3v) is 4.30. The van der Waals surface area contributed by atoms with E-state index in [4.69, 9.17) is 0 Å². The van der Waals surface area contributed by atoms with Crippen LogP contribution < -0.4 is 5.56 Å². The molecule has 3 aromatic rings. The molecule has 0 saturated heterocycles. The first kappa shape index (κ1) is 15.3. The molecule has 0 saturated carbocycles. The Morgan fingerprint density at radius 2 is 2.12 bits per heavy atom. The predicted octanol–water partition coefficient (Wildman–Crippen LogP) is 1.69. The highest BCUT2D eigenvalue weighted by atomic mass is 16.2. The van der Waals surface area contributed by atoms with Crippen molar-refractivity contribution in [1.82, 2.24) is 19.3 Å². The molecule has 0 aliphatic carbocycles. The van der Waals surface area contributed by atoms with Gasteiger partial charge in [-0.3, -0.25) is 19.0 Å². The number of pyridine rings is 2. The summed E-state index contributed by atoms with van der Waals surface area (Å²) < 4.78 is 1.53. The van der Waals surface area contributed by atoms with E-state index in [1.807, 2.05) is 24.3 Å². The minimum Gasteiger partial charge on any atom is -0.334 e. The van der Waals surface area contributed by atoms with Crippen LogP contribution in [0.1, 0.15) is 16.8 Å². The third-order valence-electron chi connectivity index (χ3n) is 4.30. The molecule has 0 aromatic carbocycles. The van der Waals surface area contributed by atoms with Gasteiger partial charge in [-0.15, -0.1) is 0 Å². The van der Waals surface area contributed by atoms with Crippen LogP contribution in [0.25, 0.3) is 11.7 Å². The molecule has 0 N–H and O–H groups in total. The Kier molecular flexibility index (Phi) is 3.85. The molecule has 1 amide bonds. The SMILES string of the molecule is O=C(C=Cc1cccnc1)N1CCc2nc3ccccn3c(=O)c2C1. The van der Waals surface area contributed by atoms with Gasteiger partial charge in [0.05, 0.1) is 17.8 Å². The van der Waals surface area contributed by atoms with Gasteiger partial charge in [0.25, 0.3) is 5.56 Å². The molecule has 3 aromatic heterocycles. The highest BCUT2D eigenvalue weighted by Gasteiger charge is 2.23. The molecule has 0 radical (unpaired) electrons. The Balaban J connectivity index is 1.60. The number of hydrogen-bond acceptors (Lipinski definition) is 4. The number of aromatic nitrogens is 3. The van der Waals surface area contributed by atoms with E-state index < -0.39 is 0 Å². The van der Waals surface area contributed by atoms with Crippen molar-refractivity contribution in [3.05, 3.63) is 82.2 Å². The summed E-state index contributed by atoms with van der Waals surface area (Å²) in [6.45, 7) is 0.841. The van der Waals surface area contributed by atoms with Gasteiger partial charge in [-0.2, -0.15) is 0 Å². The number of carbonyl (C=O) groups excluding carboxylic acids is 1. The molecule has 1 aliphatic heterocycles. The zero-order valence-electron chi connectivity index (χ0n) is 13.5. The van der Waals surface area contributed by atoms with Crippen LogP contribution in [0.2, 0.25) is 0 Å². The van der Waals surface area contributed by atoms with Gasteiger partial charge in [0.1, 0.15) is 5.65 Å². The summed E-state index contributed by atoms with van der Waals surface area (Å²) in [7, 11) is 0. The molecule has 124 valence electrons. The normalized spacial score (nSPS) is 14.0. The largest absolute Gasteiger partial charge is 0.334 e. The van der Waals surface area contributed by atoms with Crippen LogP contribution in [-0.4, -0.2) is 31.7 Å². The molecule has 0 bridgehead atoms. The first-order chi connectivity index (χ1) is 12.2. The summed E-state index contributed by atoms with van der Waals surface area (Å²) in [5, 5.41) is 0. The van der Waals surface area contributed by atoms with Crippen molar-refractivity contribution in [2.45, 2.75) is 13.0 Å². The maximum Gasteiger partial charge on any atom is 0.263 e. The van der Waals surface area contributed by atoms with Crippen LogP contribution in [0.5, 0.6) is 0 Å². The van der Waals surface area contributed by atoms with Crippen LogP contribution in [0.15, 0.2) is 59.8 Å². The summed E-state index contributed by atoms with van der Waals surface area (Å²) in [5.74, 6) is -0.118. The van der Waals surface area contributed by atoms with E-state index in [1.54, 1.807) is 35.6 Å². The lowest BCUT2D eigenvalue weighted by molar-refractivity contribution is -0.126. The molecule has 0 atom stereocenters. The molecule has 4 heterocycles. The Hall–Kier alpha value is -3.28. The van der Waals surface area contributed by atoms with Crippen LogP contribution in [0.3, 0.4) is 0 Å². The maximum absolute atomic E-state index is 12.7. The summed E-state index contributed by atoms with van der Waals surface area (Å²) in [6.07, 6.45) is 8.92. The van der Waals surface area contributed by atoms with Gasteiger partial charge < -0.3 is 4.90 Å². The number of hydrogen-bond donors (Lipinski definition) is 0. The third kappa shape index (κ3) is 2.94. The molecule has 0 fully saturated rings. The van der Waals surface area contributed by atoms with Crippen molar-refractivity contribution < 1.29 is 4.79 Å². The Bertz CT molecular complexity index is 1020. The number of rotatable bonds is 2. The summed E-state index contributed by atoms with van der Waals surface area (Å²) in [6, 6.07) is 9.17. The van der Waals surface area contributed by atoms with Crippen molar-refractivity contribution in [3.63, 3.8) is 0 Å². The monoisotopic (exact) mass is 332 g/mol. The Labute approximate surface area is 144 Å². The minimum atomic E-state index is -0.118. The van der Waals surface area contributed by atoms with Crippen molar-refractivity contribution in [3.8, 4) is 0 Å². The maximum atomic E-state index is 12.7. The fourth-order valence-electron chi connectivity index (χ4n) is 2.98. The van der Waals surface area contributed by atoms with Gasteiger partial charge in [-0.05, 0) is 29.8 Å². The first-order valence-electron chi connectivity index (χ1n) is 8.08. The van der Waals surface area contributed by atoms with E-state index in [1.165, 1.54) is 10.5 Å². The van der Waals surface area contributed by atoms with E-state index in [9.17, 15) is 9.59 Å². The molecular weight excluding hydrogens is 316 g/mol. The predicted molar refractivity (Wildman–Crippen MR) is 93.9 cm³/mol. The van der Waals surface area contributed by atoms with E-state index in [-0.39, 0.29) is 18.0 Å². The molecule has 0 spiro atoms. The highest BCUT2D eigenvalue weighted by Crippen LogP contribution is 2.15. The van der Waals surface area contributed by atoms with E-state index >= 15 is 0 Å². The number of fused-ring (bicyclic) bond motifs is 2. The van der Waals surface area contributed by atoms with Gasteiger partial charge in [0, 0.05) is 37.6 Å². The molecule has 4 rings (SSSR count). The van der Waals surface area contributed by atoms with Crippen molar-refractivity contribution in [1.29, 1.82) is 0 Å². The molecule has 6 nitrogen and oxygen atoms in total. The average Bonchev–Trinajstić information content (AvgIpc) is 2.67. The van der Waals surface area contributed by atoms with Crippen molar-refractivity contribution in [2.24, 2.45) is 0 Å². The summed E-state index contributed by atoms with van der Waals surface area (Å²) in [5.41, 5.74) is 2.78. The second kappa shape index (κ2) is 6.32. The van der Waals surface area contributed by atoms with E-state index in [0.717, 1.165) is 11.3 Å². The second-order valence-corrected chi connectivity index (χ2v) is 5.90. The highest BCUT2D eigenvalue weighted by molar-refractivity contribution is 5.91. The van der Waals surface area contributed by atoms with E-state index in [2.05, 4.69) is 9.97 Å². The Morgan fingerprint density at radius 1 is 1.20 bits per heavy atom. The summed E-state index contributed by atoms with van der Waals surface area (Å²) in [4.78, 5) is 35.4. The Morgan fingerprint density at radius 3 is 2.96 bits per heavy atom. The summed E-state index contributed by atoms with van der Waals surface area (Å²) >= 11 is 0. The fourth-order valence-corrected chi connectivity index (χ4v) is 2.98. The quantitative estimate of drug-likeness (QED) is 0.670. The standard InChI is InChI=1S/C19H16N4O2/c24-18(7-6-14-4-3-9-20-12-14)22-11-8-16-15(13-22)19(25)23-10-2-1-5-17(23)21-16/h1-7,9-10,12H,8,11,13H2. The van der Waals surface area contributed by atoms with Crippen molar-refractivity contribution >= 4 is 17.6 Å². The van der Waals surface area contributed by atoms with Gasteiger partial charge in [0.15, 0.2) is 0 Å². The van der Waals surface area contributed by atoms with Gasteiger partial charge in [-0.25, -0.2) is 4.98 Å². The fraction of sp³-hybridized carbons (Fsp3) is 0.158. The van der Waals surface area contributed by atoms with Gasteiger partial charge >= 0.3 is 0 Å². The van der Waals surface area contributed by atoms with Crippen LogP contribution >= 0.6 is 0 Å². The average molecular weight is 332 g/mol. The van der Waals surface area contributed by atoms with Gasteiger partial charge in [-0.1, -0.05) is 12.1 Å². The molecular formula is C19H16N4O2. The topological polar surface area (TPSA) is 67.6 Å². The molecule has 0 unspecified atom stereocenters.